The number of hydrogen-bond donors (Lipinski definition) is 3. The van der Waals surface area contributed by atoms with Gasteiger partial charge in [-0.2, -0.15) is 0 Å². The van der Waals surface area contributed by atoms with Crippen molar-refractivity contribution in [1.29, 1.82) is 0 Å². The van der Waals surface area contributed by atoms with Crippen molar-refractivity contribution in [1.82, 2.24) is 4.98 Å². The Hall–Kier alpha value is -1.56. The topological polar surface area (TPSA) is 63.0 Å². The number of nitrogen functional groups attached to an aromatic ring is 1. The number of aryl methyl sites for hydroxylation is 1. The van der Waals surface area contributed by atoms with E-state index in [1.807, 2.05) is 0 Å². The van der Waals surface area contributed by atoms with Crippen LogP contribution in [0.1, 0.15) is 5.56 Å². The van der Waals surface area contributed by atoms with Gasteiger partial charge in [0.05, 0.1) is 10.0 Å². The fourth-order valence-corrected chi connectivity index (χ4v) is 1.98. The van der Waals surface area contributed by atoms with Gasteiger partial charge in [0.2, 0.25) is 0 Å². The van der Waals surface area contributed by atoms with E-state index in [2.05, 4.69) is 15.7 Å². The summed E-state index contributed by atoms with van der Waals surface area (Å²) >= 11 is 11.9. The average molecular weight is 301 g/mol. The molecule has 0 amide bonds. The summed E-state index contributed by atoms with van der Waals surface area (Å²) in [5, 5.41) is 3.63. The lowest BCUT2D eigenvalue weighted by Gasteiger charge is -2.11. The van der Waals surface area contributed by atoms with Crippen molar-refractivity contribution in [3.8, 4) is 0 Å². The first kappa shape index (κ1) is 13.9. The summed E-state index contributed by atoms with van der Waals surface area (Å²) < 4.78 is 13.2. The van der Waals surface area contributed by atoms with E-state index in [4.69, 9.17) is 29.0 Å². The number of nitrogens with two attached hydrogens (primary N) is 1. The molecule has 0 unspecified atom stereocenters. The Balaban J connectivity index is 2.34. The lowest BCUT2D eigenvalue weighted by molar-refractivity contribution is 0.619. The van der Waals surface area contributed by atoms with Gasteiger partial charge in [0.15, 0.2) is 11.6 Å². The van der Waals surface area contributed by atoms with Crippen molar-refractivity contribution in [3.63, 3.8) is 0 Å². The second-order valence-corrected chi connectivity index (χ2v) is 4.70. The van der Waals surface area contributed by atoms with Crippen LogP contribution in [0.2, 0.25) is 10.0 Å². The lowest BCUT2D eigenvalue weighted by Crippen LogP contribution is -2.10. The van der Waals surface area contributed by atoms with E-state index >= 15 is 0 Å². The second kappa shape index (κ2) is 5.61. The molecule has 0 fully saturated rings. The Morgan fingerprint density at radius 3 is 2.47 bits per heavy atom. The molecule has 1 aromatic carbocycles. The molecule has 0 spiro atoms. The summed E-state index contributed by atoms with van der Waals surface area (Å²) in [5.74, 6) is 5.69. The fourth-order valence-electron chi connectivity index (χ4n) is 1.51. The first-order chi connectivity index (χ1) is 9.01. The van der Waals surface area contributed by atoms with Crippen molar-refractivity contribution in [2.45, 2.75) is 6.92 Å². The van der Waals surface area contributed by atoms with E-state index in [1.54, 1.807) is 19.1 Å². The van der Waals surface area contributed by atoms with Gasteiger partial charge in [-0.3, -0.25) is 0 Å². The molecule has 7 heteroatoms. The molecule has 4 N–H and O–H groups in total. The molecular formula is C12H11Cl2FN4. The highest BCUT2D eigenvalue weighted by atomic mass is 35.5. The van der Waals surface area contributed by atoms with Crippen LogP contribution in [0.4, 0.5) is 21.7 Å². The van der Waals surface area contributed by atoms with Gasteiger partial charge in [-0.25, -0.2) is 15.2 Å². The minimum absolute atomic E-state index is 0.273. The Bertz CT molecular complexity index is 619. The van der Waals surface area contributed by atoms with Gasteiger partial charge in [-0.15, -0.1) is 0 Å². The molecule has 0 atom stereocenters. The van der Waals surface area contributed by atoms with E-state index in [1.165, 1.54) is 12.1 Å². The molecule has 0 saturated heterocycles. The molecule has 0 saturated carbocycles. The van der Waals surface area contributed by atoms with E-state index in [0.717, 1.165) is 0 Å². The van der Waals surface area contributed by atoms with Crippen LogP contribution in [0.5, 0.6) is 0 Å². The van der Waals surface area contributed by atoms with Crippen LogP contribution in [-0.2, 0) is 0 Å². The minimum Gasteiger partial charge on any atom is -0.339 e. The highest BCUT2D eigenvalue weighted by molar-refractivity contribution is 6.37. The summed E-state index contributed by atoms with van der Waals surface area (Å²) in [5.41, 5.74) is 3.55. The number of hydrogen-bond acceptors (Lipinski definition) is 4. The van der Waals surface area contributed by atoms with Crippen molar-refractivity contribution in [3.05, 3.63) is 45.7 Å². The standard InChI is InChI=1S/C12H11Cl2FN4/c1-6-4-7(2-3-10(6)15)17-11-8(13)5-9(14)12(18-11)19-16/h2-5H,16H2,1H3,(H2,17,18,19). The monoisotopic (exact) mass is 300 g/mol. The molecule has 0 aliphatic rings. The van der Waals surface area contributed by atoms with Gasteiger partial charge >= 0.3 is 0 Å². The average Bonchev–Trinajstić information content (AvgIpc) is 2.37. The molecule has 0 aliphatic heterocycles. The quantitative estimate of drug-likeness (QED) is 0.595. The summed E-state index contributed by atoms with van der Waals surface area (Å²) in [6.07, 6.45) is 0. The number of benzene rings is 1. The van der Waals surface area contributed by atoms with E-state index in [9.17, 15) is 4.39 Å². The number of anilines is 3. The number of pyridine rings is 1. The molecule has 100 valence electrons. The Labute approximate surface area is 119 Å². The Kier molecular flexibility index (Phi) is 4.09. The van der Waals surface area contributed by atoms with Crippen LogP contribution in [-0.4, -0.2) is 4.98 Å². The summed E-state index contributed by atoms with van der Waals surface area (Å²) in [4.78, 5) is 4.13. The number of rotatable bonds is 3. The second-order valence-electron chi connectivity index (χ2n) is 3.88. The summed E-state index contributed by atoms with van der Waals surface area (Å²) in [6.45, 7) is 1.67. The molecule has 0 aliphatic carbocycles. The maximum absolute atomic E-state index is 13.2. The normalized spacial score (nSPS) is 10.4. The SMILES string of the molecule is Cc1cc(Nc2nc(NN)c(Cl)cc2Cl)ccc1F. The summed E-state index contributed by atoms with van der Waals surface area (Å²) in [6, 6.07) is 6.12. The van der Waals surface area contributed by atoms with Gasteiger partial charge in [0.1, 0.15) is 5.82 Å². The Morgan fingerprint density at radius 2 is 1.84 bits per heavy atom. The van der Waals surface area contributed by atoms with Crippen molar-refractivity contribution >= 4 is 40.5 Å². The number of nitrogens with zero attached hydrogens (tertiary/aromatic N) is 1. The maximum Gasteiger partial charge on any atom is 0.161 e. The first-order valence-electron chi connectivity index (χ1n) is 5.37. The summed E-state index contributed by atoms with van der Waals surface area (Å²) in [7, 11) is 0. The van der Waals surface area contributed by atoms with Crippen LogP contribution < -0.4 is 16.6 Å². The van der Waals surface area contributed by atoms with Crippen molar-refractivity contribution in [2.24, 2.45) is 5.84 Å². The molecule has 2 rings (SSSR count). The third kappa shape index (κ3) is 3.07. The van der Waals surface area contributed by atoms with Gasteiger partial charge in [-0.1, -0.05) is 23.2 Å². The third-order valence-electron chi connectivity index (χ3n) is 2.49. The van der Waals surface area contributed by atoms with Crippen LogP contribution in [0, 0.1) is 12.7 Å². The predicted molar refractivity (Wildman–Crippen MR) is 76.5 cm³/mol. The molecule has 0 radical (unpaired) electrons. The predicted octanol–water partition coefficient (Wildman–Crippen LogP) is 3.87. The third-order valence-corrected chi connectivity index (χ3v) is 3.06. The number of halogens is 3. The van der Waals surface area contributed by atoms with E-state index in [-0.39, 0.29) is 5.82 Å². The van der Waals surface area contributed by atoms with Crippen molar-refractivity contribution in [2.75, 3.05) is 10.7 Å². The zero-order valence-electron chi connectivity index (χ0n) is 9.97. The first-order valence-corrected chi connectivity index (χ1v) is 6.12. The van der Waals surface area contributed by atoms with Gasteiger partial charge < -0.3 is 10.7 Å². The Morgan fingerprint density at radius 1 is 1.16 bits per heavy atom. The molecule has 1 heterocycles. The van der Waals surface area contributed by atoms with Crippen LogP contribution in [0.25, 0.3) is 0 Å². The molecule has 4 nitrogen and oxygen atoms in total. The number of nitrogens with one attached hydrogen (secondary N) is 2. The molecule has 2 aromatic rings. The largest absolute Gasteiger partial charge is 0.339 e. The zero-order valence-corrected chi connectivity index (χ0v) is 11.5. The van der Waals surface area contributed by atoms with E-state index < -0.39 is 0 Å². The minimum atomic E-state index is -0.273. The van der Waals surface area contributed by atoms with Crippen LogP contribution in [0.3, 0.4) is 0 Å². The fraction of sp³-hybridized carbons (Fsp3) is 0.0833. The molecule has 1 aromatic heterocycles. The van der Waals surface area contributed by atoms with Crippen LogP contribution in [0.15, 0.2) is 24.3 Å². The number of hydrazine groups is 1. The smallest absolute Gasteiger partial charge is 0.161 e. The zero-order chi connectivity index (χ0) is 14.0. The van der Waals surface area contributed by atoms with Gasteiger partial charge in [-0.05, 0) is 36.8 Å². The molecule has 19 heavy (non-hydrogen) atoms. The van der Waals surface area contributed by atoms with Crippen molar-refractivity contribution < 1.29 is 4.39 Å². The van der Waals surface area contributed by atoms with Gasteiger partial charge in [0.25, 0.3) is 0 Å². The molecule has 0 bridgehead atoms. The van der Waals surface area contributed by atoms with Crippen LogP contribution >= 0.6 is 23.2 Å². The number of aromatic nitrogens is 1. The highest BCUT2D eigenvalue weighted by Gasteiger charge is 2.09. The molecular weight excluding hydrogens is 290 g/mol. The van der Waals surface area contributed by atoms with E-state index in [0.29, 0.717) is 32.9 Å². The maximum atomic E-state index is 13.2. The highest BCUT2D eigenvalue weighted by Crippen LogP contribution is 2.30. The lowest BCUT2D eigenvalue weighted by atomic mass is 10.2. The van der Waals surface area contributed by atoms with Gasteiger partial charge in [0, 0.05) is 5.69 Å².